The smallest absolute Gasteiger partial charge is 0.336 e. The number of carbonyl (C=O) groups is 2. The summed E-state index contributed by atoms with van der Waals surface area (Å²) in [4.78, 5) is 23.4. The first kappa shape index (κ1) is 15.1. The molecule has 0 aliphatic carbocycles. The molecule has 0 fully saturated rings. The Morgan fingerprint density at radius 2 is 1.76 bits per heavy atom. The second-order valence-electron chi connectivity index (χ2n) is 4.60. The van der Waals surface area contributed by atoms with Gasteiger partial charge in [0.25, 0.3) is 5.91 Å². The number of halogens is 1. The molecule has 0 saturated heterocycles. The predicted molar refractivity (Wildman–Crippen MR) is 80.7 cm³/mol. The number of carboxylic acid groups (broad SMARTS) is 1. The zero-order valence-corrected chi connectivity index (χ0v) is 12.1. The Morgan fingerprint density at radius 1 is 1.10 bits per heavy atom. The van der Waals surface area contributed by atoms with Gasteiger partial charge in [0.1, 0.15) is 0 Å². The zero-order chi connectivity index (χ0) is 15.4. The monoisotopic (exact) mass is 303 g/mol. The van der Waals surface area contributed by atoms with E-state index in [1.165, 1.54) is 12.1 Å². The van der Waals surface area contributed by atoms with Crippen LogP contribution in [0.15, 0.2) is 48.5 Å². The lowest BCUT2D eigenvalue weighted by molar-refractivity contribution is 0.0690. The number of amides is 1. The van der Waals surface area contributed by atoms with Gasteiger partial charge in [0, 0.05) is 5.02 Å². The van der Waals surface area contributed by atoms with Crippen molar-refractivity contribution in [3.8, 4) is 0 Å². The Hall–Kier alpha value is -2.33. The lowest BCUT2D eigenvalue weighted by Crippen LogP contribution is -2.28. The zero-order valence-electron chi connectivity index (χ0n) is 11.3. The van der Waals surface area contributed by atoms with Gasteiger partial charge >= 0.3 is 5.97 Å². The first-order valence-corrected chi connectivity index (χ1v) is 6.75. The summed E-state index contributed by atoms with van der Waals surface area (Å²) in [5.74, 6) is -1.56. The Balaban J connectivity index is 2.20. The van der Waals surface area contributed by atoms with E-state index < -0.39 is 11.9 Å². The van der Waals surface area contributed by atoms with Crippen molar-refractivity contribution < 1.29 is 14.7 Å². The fourth-order valence-corrected chi connectivity index (χ4v) is 2.20. The second kappa shape index (κ2) is 6.41. The molecule has 2 aromatic carbocycles. The number of benzene rings is 2. The molecule has 2 aromatic rings. The maximum Gasteiger partial charge on any atom is 0.336 e. The maximum atomic E-state index is 12.2. The molecule has 0 spiro atoms. The van der Waals surface area contributed by atoms with Crippen LogP contribution in [0.1, 0.15) is 39.2 Å². The van der Waals surface area contributed by atoms with E-state index in [0.29, 0.717) is 5.02 Å². The van der Waals surface area contributed by atoms with E-state index >= 15 is 0 Å². The largest absolute Gasteiger partial charge is 0.478 e. The second-order valence-corrected chi connectivity index (χ2v) is 5.04. The molecule has 2 N–H and O–H groups in total. The normalized spacial score (nSPS) is 11.7. The number of aromatic carboxylic acids is 1. The van der Waals surface area contributed by atoms with Crippen LogP contribution in [0.2, 0.25) is 5.02 Å². The average Bonchev–Trinajstić information content (AvgIpc) is 2.47. The third-order valence-electron chi connectivity index (χ3n) is 3.10. The van der Waals surface area contributed by atoms with Crippen LogP contribution < -0.4 is 5.32 Å². The molecular formula is C16H14ClNO3. The third-order valence-corrected chi connectivity index (χ3v) is 3.33. The van der Waals surface area contributed by atoms with Crippen LogP contribution in [0.4, 0.5) is 0 Å². The minimum Gasteiger partial charge on any atom is -0.478 e. The molecule has 21 heavy (non-hydrogen) atoms. The van der Waals surface area contributed by atoms with Gasteiger partial charge in [-0.25, -0.2) is 4.79 Å². The highest BCUT2D eigenvalue weighted by Crippen LogP contribution is 2.18. The van der Waals surface area contributed by atoms with Gasteiger partial charge in [-0.05, 0) is 36.8 Å². The van der Waals surface area contributed by atoms with Crippen LogP contribution in [0.3, 0.4) is 0 Å². The van der Waals surface area contributed by atoms with Crippen LogP contribution in [0, 0.1) is 0 Å². The van der Waals surface area contributed by atoms with Crippen molar-refractivity contribution in [1.29, 1.82) is 0 Å². The molecule has 108 valence electrons. The predicted octanol–water partition coefficient (Wildman–Crippen LogP) is 3.53. The van der Waals surface area contributed by atoms with Gasteiger partial charge in [0.15, 0.2) is 0 Å². The molecule has 0 saturated carbocycles. The van der Waals surface area contributed by atoms with Gasteiger partial charge in [0.05, 0.1) is 17.2 Å². The van der Waals surface area contributed by atoms with Crippen molar-refractivity contribution in [3.05, 3.63) is 70.2 Å². The summed E-state index contributed by atoms with van der Waals surface area (Å²) in [6, 6.07) is 13.0. The topological polar surface area (TPSA) is 66.4 Å². The molecule has 0 aliphatic heterocycles. The third kappa shape index (κ3) is 3.61. The lowest BCUT2D eigenvalue weighted by atomic mass is 10.0. The van der Waals surface area contributed by atoms with Crippen molar-refractivity contribution in [2.24, 2.45) is 0 Å². The quantitative estimate of drug-likeness (QED) is 0.908. The lowest BCUT2D eigenvalue weighted by Gasteiger charge is -2.15. The van der Waals surface area contributed by atoms with E-state index in [9.17, 15) is 9.59 Å². The molecule has 4 nitrogen and oxygen atoms in total. The molecule has 0 aromatic heterocycles. The number of rotatable bonds is 4. The Labute approximate surface area is 127 Å². The highest BCUT2D eigenvalue weighted by molar-refractivity contribution is 6.30. The SMILES string of the molecule is CC(NC(=O)c1ccccc1C(=O)O)c1cccc(Cl)c1. The Morgan fingerprint density at radius 3 is 2.38 bits per heavy atom. The van der Waals surface area contributed by atoms with Crippen molar-refractivity contribution in [1.82, 2.24) is 5.32 Å². The van der Waals surface area contributed by atoms with Crippen LogP contribution >= 0.6 is 11.6 Å². The van der Waals surface area contributed by atoms with Crippen LogP contribution in [0.25, 0.3) is 0 Å². The summed E-state index contributed by atoms with van der Waals surface area (Å²) in [7, 11) is 0. The van der Waals surface area contributed by atoms with Gasteiger partial charge in [-0.3, -0.25) is 4.79 Å². The van der Waals surface area contributed by atoms with Crippen LogP contribution in [-0.4, -0.2) is 17.0 Å². The number of carboxylic acids is 1. The number of carbonyl (C=O) groups excluding carboxylic acids is 1. The molecule has 0 heterocycles. The van der Waals surface area contributed by atoms with Crippen LogP contribution in [-0.2, 0) is 0 Å². The molecule has 1 amide bonds. The van der Waals surface area contributed by atoms with Crippen molar-refractivity contribution in [2.75, 3.05) is 0 Å². The van der Waals surface area contributed by atoms with Gasteiger partial charge in [-0.1, -0.05) is 35.9 Å². The molecule has 0 aliphatic rings. The summed E-state index contributed by atoms with van der Waals surface area (Å²) in [5, 5.41) is 12.5. The fraction of sp³-hybridized carbons (Fsp3) is 0.125. The molecular weight excluding hydrogens is 290 g/mol. The average molecular weight is 304 g/mol. The minimum absolute atomic E-state index is 0.0201. The van der Waals surface area contributed by atoms with E-state index in [-0.39, 0.29) is 17.2 Å². The minimum atomic E-state index is -1.13. The van der Waals surface area contributed by atoms with Crippen molar-refractivity contribution in [2.45, 2.75) is 13.0 Å². The van der Waals surface area contributed by atoms with E-state index in [0.717, 1.165) is 5.56 Å². The highest BCUT2D eigenvalue weighted by Gasteiger charge is 2.17. The summed E-state index contributed by atoms with van der Waals surface area (Å²) in [6.07, 6.45) is 0. The molecule has 1 atom stereocenters. The molecule has 0 radical (unpaired) electrons. The first-order valence-electron chi connectivity index (χ1n) is 6.37. The number of nitrogens with one attached hydrogen (secondary N) is 1. The molecule has 1 unspecified atom stereocenters. The fourth-order valence-electron chi connectivity index (χ4n) is 2.00. The van der Waals surface area contributed by atoms with E-state index in [2.05, 4.69) is 5.32 Å². The molecule has 5 heteroatoms. The molecule has 0 bridgehead atoms. The maximum absolute atomic E-state index is 12.2. The Kier molecular flexibility index (Phi) is 4.60. The van der Waals surface area contributed by atoms with Crippen molar-refractivity contribution >= 4 is 23.5 Å². The summed E-state index contributed by atoms with van der Waals surface area (Å²) >= 11 is 5.92. The van der Waals surface area contributed by atoms with Crippen LogP contribution in [0.5, 0.6) is 0 Å². The summed E-state index contributed by atoms with van der Waals surface area (Å²) in [5.41, 5.74) is 0.968. The number of hydrogen-bond donors (Lipinski definition) is 2. The van der Waals surface area contributed by atoms with E-state index in [4.69, 9.17) is 16.7 Å². The summed E-state index contributed by atoms with van der Waals surface area (Å²) in [6.45, 7) is 1.81. The van der Waals surface area contributed by atoms with Crippen molar-refractivity contribution in [3.63, 3.8) is 0 Å². The van der Waals surface area contributed by atoms with Gasteiger partial charge in [-0.15, -0.1) is 0 Å². The van der Waals surface area contributed by atoms with E-state index in [1.807, 2.05) is 13.0 Å². The first-order chi connectivity index (χ1) is 9.99. The summed E-state index contributed by atoms with van der Waals surface area (Å²) < 4.78 is 0. The number of hydrogen-bond acceptors (Lipinski definition) is 2. The van der Waals surface area contributed by atoms with Gasteiger partial charge in [-0.2, -0.15) is 0 Å². The molecule has 2 rings (SSSR count). The Bertz CT molecular complexity index is 685. The van der Waals surface area contributed by atoms with Gasteiger partial charge < -0.3 is 10.4 Å². The highest BCUT2D eigenvalue weighted by atomic mass is 35.5. The standard InChI is InChI=1S/C16H14ClNO3/c1-10(11-5-4-6-12(17)9-11)18-15(19)13-7-2-3-8-14(13)16(20)21/h2-10H,1H3,(H,18,19)(H,20,21). The van der Waals surface area contributed by atoms with E-state index in [1.54, 1.807) is 30.3 Å². The van der Waals surface area contributed by atoms with Gasteiger partial charge in [0.2, 0.25) is 0 Å².